The molecule has 1 aromatic rings. The Morgan fingerprint density at radius 1 is 1.14 bits per heavy atom. The van der Waals surface area contributed by atoms with Crippen LogP contribution in [0, 0.1) is 0 Å². The Bertz CT molecular complexity index is 303. The Labute approximate surface area is 86.5 Å². The lowest BCUT2D eigenvalue weighted by atomic mass is 9.99. The van der Waals surface area contributed by atoms with Gasteiger partial charge in [0.1, 0.15) is 0 Å². The molecule has 0 aromatic carbocycles. The fourth-order valence-corrected chi connectivity index (χ4v) is 1.54. The van der Waals surface area contributed by atoms with E-state index in [0.29, 0.717) is 18.4 Å². The van der Waals surface area contributed by atoms with Crippen LogP contribution in [0.4, 0.5) is 0 Å². The lowest BCUT2D eigenvalue weighted by molar-refractivity contribution is 0.768. The minimum atomic E-state index is 0.474. The summed E-state index contributed by atoms with van der Waals surface area (Å²) in [5.41, 5.74) is 9.15. The molecule has 2 heteroatoms. The van der Waals surface area contributed by atoms with Crippen molar-refractivity contribution in [2.45, 2.75) is 46.1 Å². The van der Waals surface area contributed by atoms with Crippen molar-refractivity contribution >= 4 is 0 Å². The number of nitrogens with two attached hydrogens (primary N) is 1. The Hall–Kier alpha value is -0.890. The van der Waals surface area contributed by atoms with Gasteiger partial charge in [0, 0.05) is 12.2 Å². The molecule has 0 radical (unpaired) electrons. The molecule has 0 atom stereocenters. The summed E-state index contributed by atoms with van der Waals surface area (Å²) < 4.78 is 0. The summed E-state index contributed by atoms with van der Waals surface area (Å²) in [7, 11) is 0. The molecule has 1 heterocycles. The minimum Gasteiger partial charge on any atom is -0.325 e. The molecule has 2 nitrogen and oxygen atoms in total. The molecular formula is C12H20N2. The topological polar surface area (TPSA) is 38.9 Å². The van der Waals surface area contributed by atoms with E-state index < -0.39 is 0 Å². The SMILES string of the molecule is CC(C)c1ccc(C(C)C)c(CN)n1. The second kappa shape index (κ2) is 4.56. The molecule has 0 aliphatic rings. The van der Waals surface area contributed by atoms with Crippen molar-refractivity contribution in [1.82, 2.24) is 4.98 Å². The summed E-state index contributed by atoms with van der Waals surface area (Å²) in [5.74, 6) is 0.976. The van der Waals surface area contributed by atoms with Crippen molar-refractivity contribution in [2.24, 2.45) is 5.73 Å². The van der Waals surface area contributed by atoms with Gasteiger partial charge in [-0.2, -0.15) is 0 Å². The molecule has 0 aliphatic heterocycles. The van der Waals surface area contributed by atoms with Crippen LogP contribution >= 0.6 is 0 Å². The molecule has 0 unspecified atom stereocenters. The third kappa shape index (κ3) is 2.32. The van der Waals surface area contributed by atoms with Crippen molar-refractivity contribution in [3.8, 4) is 0 Å². The molecule has 0 bridgehead atoms. The summed E-state index contributed by atoms with van der Waals surface area (Å²) >= 11 is 0. The van der Waals surface area contributed by atoms with E-state index in [0.717, 1.165) is 11.4 Å². The van der Waals surface area contributed by atoms with Crippen LogP contribution in [-0.2, 0) is 6.54 Å². The third-order valence-corrected chi connectivity index (χ3v) is 2.44. The summed E-state index contributed by atoms with van der Waals surface area (Å²) in [6, 6.07) is 4.27. The third-order valence-electron chi connectivity index (χ3n) is 2.44. The van der Waals surface area contributed by atoms with Gasteiger partial charge in [-0.3, -0.25) is 4.98 Å². The Kier molecular flexibility index (Phi) is 3.64. The lowest BCUT2D eigenvalue weighted by Crippen LogP contribution is -2.08. The normalized spacial score (nSPS) is 11.4. The molecule has 14 heavy (non-hydrogen) atoms. The molecule has 0 saturated heterocycles. The summed E-state index contributed by atoms with van der Waals surface area (Å²) in [6.07, 6.45) is 0. The number of hydrogen-bond donors (Lipinski definition) is 1. The second-order valence-electron chi connectivity index (χ2n) is 4.29. The zero-order valence-corrected chi connectivity index (χ0v) is 9.54. The second-order valence-corrected chi connectivity index (χ2v) is 4.29. The summed E-state index contributed by atoms with van der Waals surface area (Å²) in [4.78, 5) is 4.59. The van der Waals surface area contributed by atoms with E-state index in [4.69, 9.17) is 5.73 Å². The van der Waals surface area contributed by atoms with Gasteiger partial charge >= 0.3 is 0 Å². The molecule has 0 aliphatic carbocycles. The molecule has 1 rings (SSSR count). The molecule has 1 aromatic heterocycles. The van der Waals surface area contributed by atoms with Gasteiger partial charge in [0.2, 0.25) is 0 Å². The van der Waals surface area contributed by atoms with Gasteiger partial charge < -0.3 is 5.73 Å². The van der Waals surface area contributed by atoms with Crippen LogP contribution in [0.15, 0.2) is 12.1 Å². The highest BCUT2D eigenvalue weighted by molar-refractivity contribution is 5.26. The first-order valence-corrected chi connectivity index (χ1v) is 5.26. The van der Waals surface area contributed by atoms with Crippen LogP contribution in [0.25, 0.3) is 0 Å². The number of pyridine rings is 1. The van der Waals surface area contributed by atoms with Crippen molar-refractivity contribution in [3.63, 3.8) is 0 Å². The fraction of sp³-hybridized carbons (Fsp3) is 0.583. The van der Waals surface area contributed by atoms with Crippen LogP contribution < -0.4 is 5.73 Å². The van der Waals surface area contributed by atoms with Crippen LogP contribution in [-0.4, -0.2) is 4.98 Å². The zero-order valence-electron chi connectivity index (χ0n) is 9.54. The van der Waals surface area contributed by atoms with E-state index in [1.807, 2.05) is 0 Å². The van der Waals surface area contributed by atoms with Crippen molar-refractivity contribution in [3.05, 3.63) is 29.1 Å². The number of aromatic nitrogens is 1. The van der Waals surface area contributed by atoms with Gasteiger partial charge in [-0.25, -0.2) is 0 Å². The Morgan fingerprint density at radius 3 is 2.21 bits per heavy atom. The maximum atomic E-state index is 5.69. The standard InChI is InChI=1S/C12H20N2/c1-8(2)10-5-6-11(9(3)4)14-12(10)7-13/h5-6,8-9H,7,13H2,1-4H3. The molecule has 78 valence electrons. The van der Waals surface area contributed by atoms with E-state index >= 15 is 0 Å². The molecule has 0 saturated carbocycles. The van der Waals surface area contributed by atoms with Gasteiger partial charge in [-0.15, -0.1) is 0 Å². The van der Waals surface area contributed by atoms with Gasteiger partial charge in [0.25, 0.3) is 0 Å². The molecule has 0 amide bonds. The van der Waals surface area contributed by atoms with E-state index in [1.54, 1.807) is 0 Å². The molecule has 0 fully saturated rings. The highest BCUT2D eigenvalue weighted by Gasteiger charge is 2.09. The maximum Gasteiger partial charge on any atom is 0.0577 e. The van der Waals surface area contributed by atoms with Crippen LogP contribution in [0.3, 0.4) is 0 Å². The first kappa shape index (κ1) is 11.2. The number of rotatable bonds is 3. The summed E-state index contributed by atoms with van der Waals surface area (Å²) in [6.45, 7) is 9.18. The monoisotopic (exact) mass is 192 g/mol. The smallest absolute Gasteiger partial charge is 0.0577 e. The van der Waals surface area contributed by atoms with Crippen molar-refractivity contribution in [1.29, 1.82) is 0 Å². The quantitative estimate of drug-likeness (QED) is 0.799. The van der Waals surface area contributed by atoms with Crippen LogP contribution in [0.2, 0.25) is 0 Å². The van der Waals surface area contributed by atoms with Gasteiger partial charge in [-0.05, 0) is 23.5 Å². The van der Waals surface area contributed by atoms with Gasteiger partial charge in [0.05, 0.1) is 5.69 Å². The minimum absolute atomic E-state index is 0.474. The first-order valence-electron chi connectivity index (χ1n) is 5.26. The Morgan fingerprint density at radius 2 is 1.79 bits per heavy atom. The van der Waals surface area contributed by atoms with Gasteiger partial charge in [0.15, 0.2) is 0 Å². The maximum absolute atomic E-state index is 5.69. The molecular weight excluding hydrogens is 172 g/mol. The average Bonchev–Trinajstić information content (AvgIpc) is 2.16. The number of hydrogen-bond acceptors (Lipinski definition) is 2. The Balaban J connectivity index is 3.11. The predicted molar refractivity (Wildman–Crippen MR) is 60.3 cm³/mol. The van der Waals surface area contributed by atoms with Crippen LogP contribution in [0.1, 0.15) is 56.5 Å². The summed E-state index contributed by atoms with van der Waals surface area (Å²) in [5, 5.41) is 0. The first-order chi connectivity index (χ1) is 6.56. The average molecular weight is 192 g/mol. The predicted octanol–water partition coefficient (Wildman–Crippen LogP) is 2.79. The fourth-order valence-electron chi connectivity index (χ4n) is 1.54. The zero-order chi connectivity index (χ0) is 10.7. The lowest BCUT2D eigenvalue weighted by Gasteiger charge is -2.13. The van der Waals surface area contributed by atoms with Gasteiger partial charge in [-0.1, -0.05) is 33.8 Å². The number of nitrogens with zero attached hydrogens (tertiary/aromatic N) is 1. The highest BCUT2D eigenvalue weighted by atomic mass is 14.8. The molecule has 0 spiro atoms. The van der Waals surface area contributed by atoms with E-state index in [9.17, 15) is 0 Å². The van der Waals surface area contributed by atoms with Crippen molar-refractivity contribution < 1.29 is 0 Å². The van der Waals surface area contributed by atoms with E-state index in [-0.39, 0.29) is 0 Å². The highest BCUT2D eigenvalue weighted by Crippen LogP contribution is 2.20. The van der Waals surface area contributed by atoms with Crippen LogP contribution in [0.5, 0.6) is 0 Å². The van der Waals surface area contributed by atoms with E-state index in [1.165, 1.54) is 5.56 Å². The van der Waals surface area contributed by atoms with Crippen molar-refractivity contribution in [2.75, 3.05) is 0 Å². The molecule has 2 N–H and O–H groups in total. The largest absolute Gasteiger partial charge is 0.325 e. The van der Waals surface area contributed by atoms with E-state index in [2.05, 4.69) is 44.8 Å².